The van der Waals surface area contributed by atoms with E-state index in [2.05, 4.69) is 15.1 Å². The fraction of sp³-hybridized carbons (Fsp3) is 0.381. The van der Waals surface area contributed by atoms with Crippen molar-refractivity contribution in [2.24, 2.45) is 0 Å². The van der Waals surface area contributed by atoms with E-state index >= 15 is 0 Å². The summed E-state index contributed by atoms with van der Waals surface area (Å²) in [7, 11) is -3.62. The third kappa shape index (κ3) is 7.49. The fourth-order valence-corrected chi connectivity index (χ4v) is 4.10. The molecule has 1 saturated heterocycles. The van der Waals surface area contributed by atoms with Gasteiger partial charge >= 0.3 is 10.1 Å². The molecule has 1 aliphatic rings. The molecule has 1 N–H and O–H groups in total. The molecule has 0 radical (unpaired) electrons. The standard InChI is InChI=1S/C21H27N3O4S/c25-21(22-17-19-7-3-1-4-8-19)18-24-13-11-23(12-14-24)15-16-29(26,27)28-20-9-5-2-6-10-20/h1-10H,11-18H2,(H,22,25). The summed E-state index contributed by atoms with van der Waals surface area (Å²) in [6.45, 7) is 4.23. The maximum Gasteiger partial charge on any atom is 0.310 e. The van der Waals surface area contributed by atoms with E-state index in [9.17, 15) is 13.2 Å². The molecular weight excluding hydrogens is 390 g/mol. The molecule has 156 valence electrons. The summed E-state index contributed by atoms with van der Waals surface area (Å²) >= 11 is 0. The zero-order chi connectivity index (χ0) is 20.5. The van der Waals surface area contributed by atoms with Crippen LogP contribution in [0.2, 0.25) is 0 Å². The van der Waals surface area contributed by atoms with Gasteiger partial charge in [-0.1, -0.05) is 48.5 Å². The average molecular weight is 418 g/mol. The number of nitrogens with zero attached hydrogens (tertiary/aromatic N) is 2. The maximum atomic E-state index is 12.1. The van der Waals surface area contributed by atoms with Gasteiger partial charge in [0.05, 0.1) is 12.3 Å². The number of hydrogen-bond donors (Lipinski definition) is 1. The van der Waals surface area contributed by atoms with Gasteiger partial charge in [0.1, 0.15) is 5.75 Å². The molecule has 0 aromatic heterocycles. The Morgan fingerprint density at radius 1 is 0.897 bits per heavy atom. The third-order valence-corrected chi connectivity index (χ3v) is 5.92. The van der Waals surface area contributed by atoms with E-state index in [1.54, 1.807) is 30.3 Å². The molecule has 0 saturated carbocycles. The lowest BCUT2D eigenvalue weighted by molar-refractivity contribution is -0.122. The minimum Gasteiger partial charge on any atom is -0.382 e. The second-order valence-electron chi connectivity index (χ2n) is 7.04. The number of rotatable bonds is 9. The highest BCUT2D eigenvalue weighted by molar-refractivity contribution is 7.87. The first-order chi connectivity index (χ1) is 14.0. The van der Waals surface area contributed by atoms with Crippen molar-refractivity contribution in [1.29, 1.82) is 0 Å². The molecule has 0 aliphatic carbocycles. The number of benzene rings is 2. The minimum absolute atomic E-state index is 0.00106. The molecule has 0 atom stereocenters. The zero-order valence-electron chi connectivity index (χ0n) is 16.4. The molecule has 2 aromatic carbocycles. The lowest BCUT2D eigenvalue weighted by Gasteiger charge is -2.34. The second kappa shape index (κ2) is 10.4. The van der Waals surface area contributed by atoms with Crippen molar-refractivity contribution in [3.63, 3.8) is 0 Å². The SMILES string of the molecule is O=C(CN1CCN(CCS(=O)(=O)Oc2ccccc2)CC1)NCc1ccccc1. The van der Waals surface area contributed by atoms with Gasteiger partial charge in [-0.3, -0.25) is 14.6 Å². The molecule has 3 rings (SSSR count). The lowest BCUT2D eigenvalue weighted by Crippen LogP contribution is -2.50. The van der Waals surface area contributed by atoms with Crippen molar-refractivity contribution in [2.45, 2.75) is 6.54 Å². The van der Waals surface area contributed by atoms with E-state index in [4.69, 9.17) is 4.18 Å². The Hall–Kier alpha value is -2.42. The fourth-order valence-electron chi connectivity index (χ4n) is 3.13. The number of para-hydroxylation sites is 1. The number of amides is 1. The van der Waals surface area contributed by atoms with E-state index in [0.29, 0.717) is 25.4 Å². The van der Waals surface area contributed by atoms with Gasteiger partial charge in [-0.15, -0.1) is 0 Å². The first-order valence-electron chi connectivity index (χ1n) is 9.73. The van der Waals surface area contributed by atoms with Crippen molar-refractivity contribution in [3.05, 3.63) is 66.2 Å². The van der Waals surface area contributed by atoms with Gasteiger partial charge in [0.15, 0.2) is 0 Å². The molecular formula is C21H27N3O4S. The first-order valence-corrected chi connectivity index (χ1v) is 11.3. The van der Waals surface area contributed by atoms with Crippen molar-refractivity contribution < 1.29 is 17.4 Å². The monoisotopic (exact) mass is 417 g/mol. The Morgan fingerprint density at radius 2 is 1.48 bits per heavy atom. The molecule has 29 heavy (non-hydrogen) atoms. The molecule has 1 amide bonds. The second-order valence-corrected chi connectivity index (χ2v) is 8.73. The molecule has 8 heteroatoms. The van der Waals surface area contributed by atoms with E-state index < -0.39 is 10.1 Å². The molecule has 0 bridgehead atoms. The number of nitrogens with one attached hydrogen (secondary N) is 1. The van der Waals surface area contributed by atoms with E-state index in [-0.39, 0.29) is 11.7 Å². The average Bonchev–Trinajstić information content (AvgIpc) is 2.73. The van der Waals surface area contributed by atoms with Crippen LogP contribution in [-0.2, 0) is 21.5 Å². The summed E-state index contributed by atoms with van der Waals surface area (Å²) in [6, 6.07) is 18.3. The number of hydrogen-bond acceptors (Lipinski definition) is 6. The highest BCUT2D eigenvalue weighted by Crippen LogP contribution is 2.12. The van der Waals surface area contributed by atoms with Crippen LogP contribution in [0.15, 0.2) is 60.7 Å². The van der Waals surface area contributed by atoms with Crippen LogP contribution >= 0.6 is 0 Å². The molecule has 1 fully saturated rings. The minimum atomic E-state index is -3.62. The quantitative estimate of drug-likeness (QED) is 0.620. The molecule has 2 aromatic rings. The van der Waals surface area contributed by atoms with Crippen LogP contribution < -0.4 is 9.50 Å². The lowest BCUT2D eigenvalue weighted by atomic mass is 10.2. The summed E-state index contributed by atoms with van der Waals surface area (Å²) in [6.07, 6.45) is 0. The molecule has 0 unspecified atom stereocenters. The predicted molar refractivity (Wildman–Crippen MR) is 112 cm³/mol. The summed E-state index contributed by atoms with van der Waals surface area (Å²) in [5.41, 5.74) is 1.07. The Morgan fingerprint density at radius 3 is 2.14 bits per heavy atom. The van der Waals surface area contributed by atoms with Crippen molar-refractivity contribution >= 4 is 16.0 Å². The molecule has 1 aliphatic heterocycles. The summed E-state index contributed by atoms with van der Waals surface area (Å²) in [4.78, 5) is 16.3. The van der Waals surface area contributed by atoms with Crippen LogP contribution in [0.25, 0.3) is 0 Å². The maximum absolute atomic E-state index is 12.1. The molecule has 0 spiro atoms. The normalized spacial score (nSPS) is 15.7. The van der Waals surface area contributed by atoms with Gasteiger partial charge in [0.25, 0.3) is 0 Å². The highest BCUT2D eigenvalue weighted by atomic mass is 32.2. The van der Waals surface area contributed by atoms with Crippen LogP contribution in [0.4, 0.5) is 0 Å². The van der Waals surface area contributed by atoms with Crippen LogP contribution in [-0.4, -0.2) is 69.1 Å². The summed E-state index contributed by atoms with van der Waals surface area (Å²) in [5.74, 6) is 0.277. The van der Waals surface area contributed by atoms with E-state index in [1.807, 2.05) is 30.3 Å². The van der Waals surface area contributed by atoms with Crippen LogP contribution in [0.3, 0.4) is 0 Å². The number of carbonyl (C=O) groups excluding carboxylic acids is 1. The van der Waals surface area contributed by atoms with Gasteiger partial charge < -0.3 is 9.50 Å². The molecule has 1 heterocycles. The van der Waals surface area contributed by atoms with Crippen molar-refractivity contribution in [2.75, 3.05) is 45.0 Å². The first kappa shape index (κ1) is 21.3. The van der Waals surface area contributed by atoms with Gasteiger partial charge in [0, 0.05) is 39.3 Å². The largest absolute Gasteiger partial charge is 0.382 e. The smallest absolute Gasteiger partial charge is 0.310 e. The Balaban J connectivity index is 1.34. The van der Waals surface area contributed by atoms with E-state index in [0.717, 1.165) is 31.7 Å². The van der Waals surface area contributed by atoms with Crippen LogP contribution in [0.5, 0.6) is 5.75 Å². The number of carbonyl (C=O) groups is 1. The van der Waals surface area contributed by atoms with Crippen LogP contribution in [0, 0.1) is 0 Å². The molecule has 7 nitrogen and oxygen atoms in total. The summed E-state index contributed by atoms with van der Waals surface area (Å²) in [5, 5.41) is 2.94. The summed E-state index contributed by atoms with van der Waals surface area (Å²) < 4.78 is 29.4. The Labute approximate surface area is 172 Å². The van der Waals surface area contributed by atoms with Crippen molar-refractivity contribution in [1.82, 2.24) is 15.1 Å². The topological polar surface area (TPSA) is 79.0 Å². The highest BCUT2D eigenvalue weighted by Gasteiger charge is 2.21. The van der Waals surface area contributed by atoms with Crippen LogP contribution in [0.1, 0.15) is 5.56 Å². The van der Waals surface area contributed by atoms with E-state index in [1.165, 1.54) is 0 Å². The zero-order valence-corrected chi connectivity index (χ0v) is 17.2. The predicted octanol–water partition coefficient (Wildman–Crippen LogP) is 1.33. The third-order valence-electron chi connectivity index (χ3n) is 4.79. The Bertz CT molecular complexity index is 867. The van der Waals surface area contributed by atoms with Gasteiger partial charge in [0.2, 0.25) is 5.91 Å². The van der Waals surface area contributed by atoms with Gasteiger partial charge in [-0.25, -0.2) is 0 Å². The van der Waals surface area contributed by atoms with Crippen molar-refractivity contribution in [3.8, 4) is 5.75 Å². The number of piperazine rings is 1. The van der Waals surface area contributed by atoms with Gasteiger partial charge in [-0.05, 0) is 17.7 Å². The Kier molecular flexibility index (Phi) is 7.62. The van der Waals surface area contributed by atoms with Gasteiger partial charge in [-0.2, -0.15) is 8.42 Å².